The molecule has 8 aromatic carbocycles. The number of para-hydroxylation sites is 2. The lowest BCUT2D eigenvalue weighted by molar-refractivity contribution is -0.0397. The first kappa shape index (κ1) is 30.4. The van der Waals surface area contributed by atoms with Gasteiger partial charge in [-0.15, -0.1) is 0 Å². The van der Waals surface area contributed by atoms with Gasteiger partial charge in [-0.2, -0.15) is 0 Å². The highest BCUT2D eigenvalue weighted by atomic mass is 16.3. The third-order valence-corrected chi connectivity index (χ3v) is 14.6. The molecule has 0 N–H and O–H groups in total. The third kappa shape index (κ3) is 4.09. The molecular formula is C54H40O. The van der Waals surface area contributed by atoms with Crippen molar-refractivity contribution in [1.29, 1.82) is 0 Å². The maximum absolute atomic E-state index is 6.69. The number of benzene rings is 8. The highest BCUT2D eigenvalue weighted by Crippen LogP contribution is 2.70. The van der Waals surface area contributed by atoms with E-state index in [9.17, 15) is 0 Å². The van der Waals surface area contributed by atoms with Crippen LogP contribution in [-0.2, 0) is 5.41 Å². The van der Waals surface area contributed by atoms with Crippen LogP contribution >= 0.6 is 0 Å². The molecule has 4 fully saturated rings. The Kier molecular flexibility index (Phi) is 6.13. The zero-order valence-electron chi connectivity index (χ0n) is 30.8. The fraction of sp³-hybridized carbons (Fsp3) is 0.185. The normalized spacial score (nSPS) is 23.3. The van der Waals surface area contributed by atoms with Crippen LogP contribution in [0, 0.1) is 23.7 Å². The van der Waals surface area contributed by atoms with Gasteiger partial charge in [-0.05, 0) is 152 Å². The molecule has 5 aliphatic rings. The topological polar surface area (TPSA) is 13.1 Å². The first-order valence-electron chi connectivity index (χ1n) is 20.4. The number of hydrogen-bond acceptors (Lipinski definition) is 1. The van der Waals surface area contributed by atoms with Gasteiger partial charge in [0.1, 0.15) is 11.2 Å². The van der Waals surface area contributed by atoms with E-state index in [-0.39, 0.29) is 5.41 Å². The smallest absolute Gasteiger partial charge is 0.143 e. The minimum atomic E-state index is 0.0613. The van der Waals surface area contributed by atoms with Crippen molar-refractivity contribution in [3.05, 3.63) is 169 Å². The van der Waals surface area contributed by atoms with Crippen LogP contribution in [-0.4, -0.2) is 0 Å². The molecule has 0 unspecified atom stereocenters. The Hall–Kier alpha value is -5.92. The summed E-state index contributed by atoms with van der Waals surface area (Å²) in [6.07, 6.45) is 6.93. The maximum atomic E-state index is 6.69. The van der Waals surface area contributed by atoms with Crippen LogP contribution in [0.15, 0.2) is 162 Å². The molecule has 0 aliphatic heterocycles. The Bertz CT molecular complexity index is 3020. The molecule has 1 heteroatoms. The van der Waals surface area contributed by atoms with Crippen molar-refractivity contribution in [3.8, 4) is 44.5 Å². The van der Waals surface area contributed by atoms with Crippen molar-refractivity contribution >= 4 is 43.5 Å². The van der Waals surface area contributed by atoms with Crippen molar-refractivity contribution < 1.29 is 4.42 Å². The first-order chi connectivity index (χ1) is 27.2. The van der Waals surface area contributed by atoms with Gasteiger partial charge in [0.15, 0.2) is 0 Å². The summed E-state index contributed by atoms with van der Waals surface area (Å²) < 4.78 is 6.69. The van der Waals surface area contributed by atoms with Gasteiger partial charge in [-0.1, -0.05) is 133 Å². The molecule has 1 aromatic heterocycles. The van der Waals surface area contributed by atoms with E-state index in [1.807, 2.05) is 0 Å². The zero-order valence-corrected chi connectivity index (χ0v) is 30.8. The van der Waals surface area contributed by atoms with Crippen molar-refractivity contribution in [2.45, 2.75) is 37.5 Å². The lowest BCUT2D eigenvalue weighted by Crippen LogP contribution is -2.55. The quantitative estimate of drug-likeness (QED) is 0.167. The molecule has 1 nitrogen and oxygen atoms in total. The van der Waals surface area contributed by atoms with Crippen molar-refractivity contribution in [2.24, 2.45) is 23.7 Å². The first-order valence-corrected chi connectivity index (χ1v) is 20.4. The third-order valence-electron chi connectivity index (χ3n) is 14.6. The molecule has 1 heterocycles. The summed E-state index contributed by atoms with van der Waals surface area (Å²) in [7, 11) is 0. The maximum Gasteiger partial charge on any atom is 0.143 e. The second-order valence-electron chi connectivity index (χ2n) is 17.2. The van der Waals surface area contributed by atoms with E-state index in [1.54, 1.807) is 11.1 Å². The van der Waals surface area contributed by atoms with E-state index < -0.39 is 0 Å². The van der Waals surface area contributed by atoms with Crippen molar-refractivity contribution in [1.82, 2.24) is 0 Å². The largest absolute Gasteiger partial charge is 0.455 e. The minimum absolute atomic E-state index is 0.0613. The summed E-state index contributed by atoms with van der Waals surface area (Å²) in [5.41, 5.74) is 15.7. The Morgan fingerprint density at radius 3 is 1.80 bits per heavy atom. The molecule has 4 saturated carbocycles. The number of fused-ring (bicyclic) bond motifs is 9. The number of rotatable bonds is 3. The van der Waals surface area contributed by atoms with E-state index in [0.717, 1.165) is 23.0 Å². The number of furan rings is 1. The van der Waals surface area contributed by atoms with Gasteiger partial charge in [0, 0.05) is 21.8 Å². The Morgan fingerprint density at radius 2 is 1.00 bits per heavy atom. The molecule has 9 aromatic rings. The fourth-order valence-electron chi connectivity index (χ4n) is 12.8. The van der Waals surface area contributed by atoms with Gasteiger partial charge in [0.05, 0.1) is 0 Å². The lowest BCUT2D eigenvalue weighted by atomic mass is 9.42. The zero-order chi connectivity index (χ0) is 35.8. The molecule has 0 radical (unpaired) electrons. The van der Waals surface area contributed by atoms with Crippen LogP contribution in [0.25, 0.3) is 88.0 Å². The predicted molar refractivity (Wildman–Crippen MR) is 228 cm³/mol. The van der Waals surface area contributed by atoms with Crippen molar-refractivity contribution in [2.75, 3.05) is 0 Å². The minimum Gasteiger partial charge on any atom is -0.455 e. The molecule has 0 saturated heterocycles. The molecule has 262 valence electrons. The predicted octanol–water partition coefficient (Wildman–Crippen LogP) is 14.6. The van der Waals surface area contributed by atoms with Crippen LogP contribution in [0.5, 0.6) is 0 Å². The summed E-state index contributed by atoms with van der Waals surface area (Å²) in [6.45, 7) is 0. The second-order valence-corrected chi connectivity index (χ2v) is 17.2. The van der Waals surface area contributed by atoms with Gasteiger partial charge >= 0.3 is 0 Å². The van der Waals surface area contributed by atoms with Crippen LogP contribution in [0.4, 0.5) is 0 Å². The molecule has 5 aliphatic carbocycles. The van der Waals surface area contributed by atoms with E-state index >= 15 is 0 Å². The standard InChI is InChI=1S/C54H40O/c1-2-11-40-36(10-1)29-47(43-13-4-3-12-42(40)43)34-20-22-35(23-21-34)48-30-37(41-16-9-17-46-45-15-6-8-19-51(45)55-53(41)46)31-49-44-14-5-7-18-50(44)54(52(48)49)38-25-32-24-33(27-38)28-39(54)26-32/h1-23,29-33,38-39H,24-28H2. The Labute approximate surface area is 321 Å². The molecule has 14 rings (SSSR count). The monoisotopic (exact) mass is 704 g/mol. The summed E-state index contributed by atoms with van der Waals surface area (Å²) in [5.74, 6) is 3.18. The van der Waals surface area contributed by atoms with Gasteiger partial charge in [0.2, 0.25) is 0 Å². The summed E-state index contributed by atoms with van der Waals surface area (Å²) in [6, 6.07) is 59.5. The highest BCUT2D eigenvalue weighted by Gasteiger charge is 2.62. The van der Waals surface area contributed by atoms with Crippen LogP contribution in [0.2, 0.25) is 0 Å². The van der Waals surface area contributed by atoms with Crippen molar-refractivity contribution in [3.63, 3.8) is 0 Å². The van der Waals surface area contributed by atoms with E-state index in [0.29, 0.717) is 11.8 Å². The van der Waals surface area contributed by atoms with E-state index in [4.69, 9.17) is 4.42 Å². The second kappa shape index (κ2) is 11.1. The molecular weight excluding hydrogens is 665 g/mol. The fourth-order valence-corrected chi connectivity index (χ4v) is 12.8. The van der Waals surface area contributed by atoms with Crippen LogP contribution in [0.1, 0.15) is 43.2 Å². The van der Waals surface area contributed by atoms with Gasteiger partial charge < -0.3 is 4.42 Å². The summed E-state index contributed by atoms with van der Waals surface area (Å²) in [5, 5.41) is 7.57. The Morgan fingerprint density at radius 1 is 0.400 bits per heavy atom. The molecule has 55 heavy (non-hydrogen) atoms. The molecule has 0 amide bonds. The summed E-state index contributed by atoms with van der Waals surface area (Å²) in [4.78, 5) is 0. The summed E-state index contributed by atoms with van der Waals surface area (Å²) >= 11 is 0. The van der Waals surface area contributed by atoms with Gasteiger partial charge in [-0.3, -0.25) is 0 Å². The molecule has 1 spiro atoms. The van der Waals surface area contributed by atoms with E-state index in [1.165, 1.54) is 109 Å². The average Bonchev–Trinajstić information content (AvgIpc) is 3.76. The van der Waals surface area contributed by atoms with Gasteiger partial charge in [0.25, 0.3) is 0 Å². The average molecular weight is 705 g/mol. The van der Waals surface area contributed by atoms with Crippen LogP contribution in [0.3, 0.4) is 0 Å². The van der Waals surface area contributed by atoms with Crippen LogP contribution < -0.4 is 0 Å². The highest BCUT2D eigenvalue weighted by molar-refractivity contribution is 6.14. The Balaban J connectivity index is 1.07. The molecule has 0 atom stereocenters. The lowest BCUT2D eigenvalue weighted by Gasteiger charge is -2.61. The molecule has 4 bridgehead atoms. The van der Waals surface area contributed by atoms with Gasteiger partial charge in [-0.25, -0.2) is 0 Å². The SMILES string of the molecule is c1ccc2c(c1)-c1cc(-c3cccc4c3oc3ccccc34)cc(-c3ccc(-c4cc5ccccc5c5ccccc45)cc3)c1C21C2CC3CC(C2)CC1C3. The number of hydrogen-bond donors (Lipinski definition) is 0. The van der Waals surface area contributed by atoms with E-state index in [2.05, 4.69) is 158 Å².